The van der Waals surface area contributed by atoms with Crippen LogP contribution in [0.5, 0.6) is 0 Å². The van der Waals surface area contributed by atoms with E-state index < -0.39 is 22.4 Å². The number of hydrogen-bond acceptors (Lipinski definition) is 4. The zero-order chi connectivity index (χ0) is 16.5. The lowest BCUT2D eigenvalue weighted by Gasteiger charge is -2.09. The molecule has 0 saturated carbocycles. The average Bonchev–Trinajstić information content (AvgIpc) is 2.46. The molecule has 0 aliphatic carbocycles. The topological polar surface area (TPSA) is 86.2 Å². The third kappa shape index (κ3) is 3.05. The number of anilines is 1. The van der Waals surface area contributed by atoms with Crippen LogP contribution in [0.25, 0.3) is 0 Å². The number of carbonyl (C=O) groups is 1. The second kappa shape index (κ2) is 5.47. The van der Waals surface area contributed by atoms with Crippen molar-refractivity contribution in [1.29, 1.82) is 0 Å². The van der Waals surface area contributed by atoms with Crippen molar-refractivity contribution in [1.82, 2.24) is 0 Å². The van der Waals surface area contributed by atoms with Gasteiger partial charge in [-0.05, 0) is 18.2 Å². The Labute approximate surface area is 122 Å². The number of hydrogen-bond donors (Lipinski definition) is 1. The van der Waals surface area contributed by atoms with Crippen molar-refractivity contribution in [2.24, 2.45) is 0 Å². The number of benzene rings is 2. The van der Waals surface area contributed by atoms with Crippen LogP contribution in [0.1, 0.15) is 21.5 Å². The summed E-state index contributed by atoms with van der Waals surface area (Å²) in [4.78, 5) is 22.2. The van der Waals surface area contributed by atoms with Gasteiger partial charge in [-0.2, -0.15) is 13.2 Å². The highest BCUT2D eigenvalue weighted by atomic mass is 19.4. The lowest BCUT2D eigenvalue weighted by Crippen LogP contribution is -2.09. The third-order valence-electron chi connectivity index (χ3n) is 2.94. The molecule has 0 bridgehead atoms. The first-order valence-corrected chi connectivity index (χ1v) is 5.96. The van der Waals surface area contributed by atoms with Gasteiger partial charge in [0.15, 0.2) is 5.78 Å². The van der Waals surface area contributed by atoms with Gasteiger partial charge in [0, 0.05) is 23.4 Å². The molecule has 0 aliphatic heterocycles. The highest BCUT2D eigenvalue weighted by molar-refractivity contribution is 6.12. The van der Waals surface area contributed by atoms with Gasteiger partial charge in [0.05, 0.1) is 16.1 Å². The number of nitrogen functional groups attached to an aromatic ring is 1. The van der Waals surface area contributed by atoms with Crippen LogP contribution in [0.3, 0.4) is 0 Å². The van der Waals surface area contributed by atoms with E-state index in [4.69, 9.17) is 5.73 Å². The molecular weight excluding hydrogens is 301 g/mol. The van der Waals surface area contributed by atoms with Crippen molar-refractivity contribution in [3.8, 4) is 0 Å². The monoisotopic (exact) mass is 310 g/mol. The quantitative estimate of drug-likeness (QED) is 0.407. The summed E-state index contributed by atoms with van der Waals surface area (Å²) in [5.74, 6) is -0.813. The summed E-state index contributed by atoms with van der Waals surface area (Å²) in [7, 11) is 0. The molecule has 2 aromatic rings. The van der Waals surface area contributed by atoms with Gasteiger partial charge in [-0.1, -0.05) is 12.1 Å². The summed E-state index contributed by atoms with van der Waals surface area (Å²) in [6, 6.07) is 7.00. The molecule has 0 radical (unpaired) electrons. The minimum atomic E-state index is -4.59. The molecular formula is C14H9F3N2O3. The van der Waals surface area contributed by atoms with Gasteiger partial charge in [-0.25, -0.2) is 0 Å². The largest absolute Gasteiger partial charge is 0.416 e. The molecule has 0 unspecified atom stereocenters. The standard InChI is InChI=1S/C14H9F3N2O3/c15-14(16,17)9-3-1-2-8(6-9)13(20)11-7-10(19(21)22)4-5-12(11)18/h1-7H,18H2. The van der Waals surface area contributed by atoms with E-state index in [9.17, 15) is 28.1 Å². The maximum atomic E-state index is 12.7. The Hall–Kier alpha value is -2.90. The van der Waals surface area contributed by atoms with E-state index in [-0.39, 0.29) is 22.5 Å². The molecule has 2 rings (SSSR count). The van der Waals surface area contributed by atoms with Crippen molar-refractivity contribution in [3.63, 3.8) is 0 Å². The molecule has 2 N–H and O–H groups in total. The van der Waals surface area contributed by atoms with Gasteiger partial charge in [0.25, 0.3) is 5.69 Å². The van der Waals surface area contributed by atoms with Crippen LogP contribution < -0.4 is 5.73 Å². The summed E-state index contributed by atoms with van der Waals surface area (Å²) >= 11 is 0. The van der Waals surface area contributed by atoms with Crippen molar-refractivity contribution >= 4 is 17.2 Å². The van der Waals surface area contributed by atoms with Crippen LogP contribution in [-0.2, 0) is 6.18 Å². The van der Waals surface area contributed by atoms with E-state index >= 15 is 0 Å². The Bertz CT molecular complexity index is 757. The third-order valence-corrected chi connectivity index (χ3v) is 2.94. The van der Waals surface area contributed by atoms with Crippen LogP contribution in [0.4, 0.5) is 24.5 Å². The summed E-state index contributed by atoms with van der Waals surface area (Å²) in [6.07, 6.45) is -4.59. The predicted molar refractivity (Wildman–Crippen MR) is 72.4 cm³/mol. The van der Waals surface area contributed by atoms with Gasteiger partial charge in [0.2, 0.25) is 0 Å². The highest BCUT2D eigenvalue weighted by Crippen LogP contribution is 2.30. The van der Waals surface area contributed by atoms with Crippen LogP contribution in [0, 0.1) is 10.1 Å². The van der Waals surface area contributed by atoms with Crippen molar-refractivity contribution in [3.05, 3.63) is 69.3 Å². The fourth-order valence-corrected chi connectivity index (χ4v) is 1.85. The first kappa shape index (κ1) is 15.5. The van der Waals surface area contributed by atoms with E-state index in [1.54, 1.807) is 0 Å². The molecule has 0 fully saturated rings. The summed E-state index contributed by atoms with van der Waals surface area (Å²) in [6.45, 7) is 0. The van der Waals surface area contributed by atoms with E-state index in [0.717, 1.165) is 24.3 Å². The minimum Gasteiger partial charge on any atom is -0.398 e. The Kier molecular flexibility index (Phi) is 3.85. The first-order chi connectivity index (χ1) is 10.2. The Morgan fingerprint density at radius 1 is 1.14 bits per heavy atom. The van der Waals surface area contributed by atoms with E-state index in [1.165, 1.54) is 12.1 Å². The molecule has 0 heterocycles. The zero-order valence-corrected chi connectivity index (χ0v) is 10.9. The van der Waals surface area contributed by atoms with Gasteiger partial charge in [-0.3, -0.25) is 14.9 Å². The Balaban J connectivity index is 2.49. The summed E-state index contributed by atoms with van der Waals surface area (Å²) < 4.78 is 38.0. The van der Waals surface area contributed by atoms with Crippen molar-refractivity contribution < 1.29 is 22.9 Å². The van der Waals surface area contributed by atoms with E-state index in [2.05, 4.69) is 0 Å². The van der Waals surface area contributed by atoms with Crippen molar-refractivity contribution in [2.75, 3.05) is 5.73 Å². The van der Waals surface area contributed by atoms with Crippen LogP contribution in [0.2, 0.25) is 0 Å². The number of halogens is 3. The molecule has 2 aromatic carbocycles. The average molecular weight is 310 g/mol. The first-order valence-electron chi connectivity index (χ1n) is 5.96. The number of rotatable bonds is 3. The molecule has 0 spiro atoms. The Morgan fingerprint density at radius 2 is 1.82 bits per heavy atom. The molecule has 0 saturated heterocycles. The number of nitrogens with two attached hydrogens (primary N) is 1. The number of nitro benzene ring substituents is 1. The number of nitro groups is 1. The maximum absolute atomic E-state index is 12.7. The fourth-order valence-electron chi connectivity index (χ4n) is 1.85. The summed E-state index contributed by atoms with van der Waals surface area (Å²) in [5.41, 5.74) is 3.72. The predicted octanol–water partition coefficient (Wildman–Crippen LogP) is 3.43. The van der Waals surface area contributed by atoms with Crippen LogP contribution in [-0.4, -0.2) is 10.7 Å². The molecule has 0 amide bonds. The van der Waals surface area contributed by atoms with Gasteiger partial charge >= 0.3 is 6.18 Å². The van der Waals surface area contributed by atoms with E-state index in [1.807, 2.05) is 0 Å². The fraction of sp³-hybridized carbons (Fsp3) is 0.0714. The number of nitrogens with zero attached hydrogens (tertiary/aromatic N) is 1. The SMILES string of the molecule is Nc1ccc([N+](=O)[O-])cc1C(=O)c1cccc(C(F)(F)F)c1. The molecule has 114 valence electrons. The lowest BCUT2D eigenvalue weighted by atomic mass is 9.99. The molecule has 5 nitrogen and oxygen atoms in total. The maximum Gasteiger partial charge on any atom is 0.416 e. The van der Waals surface area contributed by atoms with E-state index in [0.29, 0.717) is 6.07 Å². The van der Waals surface area contributed by atoms with Gasteiger partial charge in [0.1, 0.15) is 0 Å². The smallest absolute Gasteiger partial charge is 0.398 e. The summed E-state index contributed by atoms with van der Waals surface area (Å²) in [5, 5.41) is 10.7. The normalized spacial score (nSPS) is 11.2. The highest BCUT2D eigenvalue weighted by Gasteiger charge is 2.31. The number of ketones is 1. The molecule has 22 heavy (non-hydrogen) atoms. The number of carbonyl (C=O) groups excluding carboxylic acids is 1. The second-order valence-electron chi connectivity index (χ2n) is 4.44. The molecule has 0 aromatic heterocycles. The molecule has 0 aliphatic rings. The second-order valence-corrected chi connectivity index (χ2v) is 4.44. The van der Waals surface area contributed by atoms with Crippen LogP contribution in [0.15, 0.2) is 42.5 Å². The number of non-ortho nitro benzene ring substituents is 1. The lowest BCUT2D eigenvalue weighted by molar-refractivity contribution is -0.384. The van der Waals surface area contributed by atoms with Gasteiger partial charge in [-0.15, -0.1) is 0 Å². The molecule has 8 heteroatoms. The zero-order valence-electron chi connectivity index (χ0n) is 10.9. The van der Waals surface area contributed by atoms with Crippen molar-refractivity contribution in [2.45, 2.75) is 6.18 Å². The minimum absolute atomic E-state index is 0.0481. The van der Waals surface area contributed by atoms with Gasteiger partial charge < -0.3 is 5.73 Å². The number of alkyl halides is 3. The molecule has 0 atom stereocenters. The van der Waals surface area contributed by atoms with Crippen LogP contribution >= 0.6 is 0 Å². The Morgan fingerprint density at radius 3 is 2.41 bits per heavy atom.